The minimum atomic E-state index is 0.0197. The third-order valence-corrected chi connectivity index (χ3v) is 3.81. The van der Waals surface area contributed by atoms with Gasteiger partial charge in [0.25, 0.3) is 5.91 Å². The molecule has 2 aromatic rings. The van der Waals surface area contributed by atoms with E-state index >= 15 is 0 Å². The van der Waals surface area contributed by atoms with Crippen LogP contribution in [0.15, 0.2) is 39.9 Å². The van der Waals surface area contributed by atoms with Crippen LogP contribution < -0.4 is 0 Å². The largest absolute Gasteiger partial charge is 0.457 e. The van der Waals surface area contributed by atoms with Crippen molar-refractivity contribution in [3.63, 3.8) is 0 Å². The van der Waals surface area contributed by atoms with Gasteiger partial charge in [-0.3, -0.25) is 9.48 Å². The number of carbonyl (C=O) groups excluding carboxylic acids is 1. The van der Waals surface area contributed by atoms with Gasteiger partial charge in [-0.15, -0.1) is 0 Å². The van der Waals surface area contributed by atoms with Crippen LogP contribution in [0, 0.1) is 0 Å². The Hall–Kier alpha value is -1.56. The first-order valence-electron chi connectivity index (χ1n) is 6.26. The van der Waals surface area contributed by atoms with Crippen molar-refractivity contribution in [3.05, 3.63) is 41.0 Å². The number of furan rings is 1. The highest BCUT2D eigenvalue weighted by Crippen LogP contribution is 2.23. The predicted molar refractivity (Wildman–Crippen MR) is 72.8 cm³/mol. The van der Waals surface area contributed by atoms with Crippen LogP contribution in [0.25, 0.3) is 0 Å². The summed E-state index contributed by atoms with van der Waals surface area (Å²) in [5.41, 5.74) is 0.591. The van der Waals surface area contributed by atoms with Gasteiger partial charge < -0.3 is 9.32 Å². The fourth-order valence-electron chi connectivity index (χ4n) is 2.46. The first kappa shape index (κ1) is 12.5. The van der Waals surface area contributed by atoms with Gasteiger partial charge in [-0.1, -0.05) is 0 Å². The molecule has 5 nitrogen and oxygen atoms in total. The van der Waals surface area contributed by atoms with Crippen LogP contribution in [0.5, 0.6) is 0 Å². The van der Waals surface area contributed by atoms with Crippen molar-refractivity contribution in [3.8, 4) is 0 Å². The van der Waals surface area contributed by atoms with Crippen molar-refractivity contribution in [2.75, 3.05) is 13.1 Å². The Morgan fingerprint density at radius 3 is 3.11 bits per heavy atom. The van der Waals surface area contributed by atoms with E-state index in [0.717, 1.165) is 19.4 Å². The molecule has 1 aliphatic heterocycles. The van der Waals surface area contributed by atoms with Gasteiger partial charge in [0.05, 0.1) is 11.6 Å². The zero-order valence-corrected chi connectivity index (χ0v) is 11.9. The highest BCUT2D eigenvalue weighted by atomic mass is 79.9. The van der Waals surface area contributed by atoms with E-state index in [1.54, 1.807) is 12.3 Å². The third kappa shape index (κ3) is 2.58. The Morgan fingerprint density at radius 2 is 2.42 bits per heavy atom. The topological polar surface area (TPSA) is 51.3 Å². The van der Waals surface area contributed by atoms with Gasteiger partial charge in [0, 0.05) is 31.5 Å². The number of piperidine rings is 1. The molecule has 6 heteroatoms. The van der Waals surface area contributed by atoms with E-state index in [4.69, 9.17) is 4.42 Å². The molecule has 0 spiro atoms. The van der Waals surface area contributed by atoms with Crippen LogP contribution in [0.3, 0.4) is 0 Å². The summed E-state index contributed by atoms with van der Waals surface area (Å²) < 4.78 is 7.64. The van der Waals surface area contributed by atoms with Gasteiger partial charge in [-0.25, -0.2) is 0 Å². The molecule has 0 aromatic carbocycles. The Balaban J connectivity index is 1.73. The van der Waals surface area contributed by atoms with Crippen molar-refractivity contribution in [2.24, 2.45) is 0 Å². The zero-order valence-electron chi connectivity index (χ0n) is 10.3. The molecule has 19 heavy (non-hydrogen) atoms. The lowest BCUT2D eigenvalue weighted by Crippen LogP contribution is -2.40. The molecule has 1 aliphatic rings. The molecule has 3 heterocycles. The third-order valence-electron chi connectivity index (χ3n) is 3.40. The summed E-state index contributed by atoms with van der Waals surface area (Å²) in [5, 5.41) is 4.26. The quantitative estimate of drug-likeness (QED) is 0.853. The van der Waals surface area contributed by atoms with E-state index in [-0.39, 0.29) is 11.9 Å². The molecule has 0 aliphatic carbocycles. The molecule has 1 saturated heterocycles. The number of aromatic nitrogens is 2. The number of nitrogens with zero attached hydrogens (tertiary/aromatic N) is 3. The van der Waals surface area contributed by atoms with Gasteiger partial charge in [0.2, 0.25) is 0 Å². The van der Waals surface area contributed by atoms with Gasteiger partial charge in [-0.2, -0.15) is 5.10 Å². The average Bonchev–Trinajstić information content (AvgIpc) is 3.09. The Labute approximate surface area is 119 Å². The normalized spacial score (nSPS) is 19.6. The molecule has 2 aromatic heterocycles. The fraction of sp³-hybridized carbons (Fsp3) is 0.385. The molecule has 3 rings (SSSR count). The Morgan fingerprint density at radius 1 is 1.53 bits per heavy atom. The number of hydrogen-bond donors (Lipinski definition) is 0. The van der Waals surface area contributed by atoms with Gasteiger partial charge in [-0.05, 0) is 34.8 Å². The number of hydrogen-bond acceptors (Lipinski definition) is 3. The van der Waals surface area contributed by atoms with Crippen molar-refractivity contribution in [1.29, 1.82) is 0 Å². The van der Waals surface area contributed by atoms with Crippen LogP contribution in [0.4, 0.5) is 0 Å². The first-order chi connectivity index (χ1) is 9.24. The second kappa shape index (κ2) is 5.21. The monoisotopic (exact) mass is 323 g/mol. The number of likely N-dealkylation sites (tertiary alicyclic amines) is 1. The summed E-state index contributed by atoms with van der Waals surface area (Å²) in [4.78, 5) is 14.2. The second-order valence-electron chi connectivity index (χ2n) is 4.67. The van der Waals surface area contributed by atoms with E-state index in [2.05, 4.69) is 21.0 Å². The molecule has 1 fully saturated rings. The molecule has 0 radical (unpaired) electrons. The highest BCUT2D eigenvalue weighted by Gasteiger charge is 2.26. The lowest BCUT2D eigenvalue weighted by Gasteiger charge is -2.32. The van der Waals surface area contributed by atoms with Crippen LogP contribution in [0.1, 0.15) is 29.2 Å². The van der Waals surface area contributed by atoms with Crippen LogP contribution in [0.2, 0.25) is 0 Å². The molecule has 0 saturated carbocycles. The molecule has 1 atom stereocenters. The van der Waals surface area contributed by atoms with Gasteiger partial charge in [0.1, 0.15) is 6.26 Å². The molecule has 0 unspecified atom stereocenters. The van der Waals surface area contributed by atoms with Gasteiger partial charge in [0.15, 0.2) is 4.67 Å². The summed E-state index contributed by atoms with van der Waals surface area (Å²) in [6.07, 6.45) is 7.26. The predicted octanol–water partition coefficient (Wildman–Crippen LogP) is 2.72. The molecule has 0 bridgehead atoms. The Bertz CT molecular complexity index is 564. The van der Waals surface area contributed by atoms with Crippen LogP contribution >= 0.6 is 15.9 Å². The van der Waals surface area contributed by atoms with Crippen molar-refractivity contribution in [2.45, 2.75) is 18.9 Å². The molecule has 0 N–H and O–H groups in total. The maximum atomic E-state index is 12.3. The van der Waals surface area contributed by atoms with E-state index in [1.165, 1.54) is 6.26 Å². The van der Waals surface area contributed by atoms with E-state index in [0.29, 0.717) is 16.8 Å². The first-order valence-corrected chi connectivity index (χ1v) is 7.06. The molecule has 100 valence electrons. The minimum Gasteiger partial charge on any atom is -0.457 e. The lowest BCUT2D eigenvalue weighted by atomic mass is 10.1. The second-order valence-corrected chi connectivity index (χ2v) is 5.45. The van der Waals surface area contributed by atoms with Crippen LogP contribution in [-0.4, -0.2) is 33.7 Å². The smallest absolute Gasteiger partial charge is 0.257 e. The molecular weight excluding hydrogens is 310 g/mol. The van der Waals surface area contributed by atoms with Crippen molar-refractivity contribution in [1.82, 2.24) is 14.7 Å². The number of halogens is 1. The summed E-state index contributed by atoms with van der Waals surface area (Å²) in [5.74, 6) is 0.0197. The standard InChI is InChI=1S/C13H14BrN3O2/c14-12-7-10(9-19-12)13(18)16-5-1-3-11(8-16)17-6-2-4-15-17/h2,4,6-7,9,11H,1,3,5,8H2/t11-/m1/s1. The molecule has 1 amide bonds. The number of amides is 1. The zero-order chi connectivity index (χ0) is 13.2. The molecular formula is C13H14BrN3O2. The van der Waals surface area contributed by atoms with E-state index in [1.807, 2.05) is 21.8 Å². The fourth-order valence-corrected chi connectivity index (χ4v) is 2.80. The lowest BCUT2D eigenvalue weighted by molar-refractivity contribution is 0.0672. The van der Waals surface area contributed by atoms with Crippen molar-refractivity contribution >= 4 is 21.8 Å². The van der Waals surface area contributed by atoms with Crippen molar-refractivity contribution < 1.29 is 9.21 Å². The summed E-state index contributed by atoms with van der Waals surface area (Å²) in [7, 11) is 0. The Kier molecular flexibility index (Phi) is 3.42. The van der Waals surface area contributed by atoms with Crippen LogP contribution in [-0.2, 0) is 0 Å². The summed E-state index contributed by atoms with van der Waals surface area (Å²) in [6, 6.07) is 3.89. The number of rotatable bonds is 2. The maximum absolute atomic E-state index is 12.3. The van der Waals surface area contributed by atoms with E-state index in [9.17, 15) is 4.79 Å². The van der Waals surface area contributed by atoms with E-state index < -0.39 is 0 Å². The summed E-state index contributed by atoms with van der Waals surface area (Å²) >= 11 is 3.22. The van der Waals surface area contributed by atoms with Gasteiger partial charge >= 0.3 is 0 Å². The average molecular weight is 324 g/mol. The summed E-state index contributed by atoms with van der Waals surface area (Å²) in [6.45, 7) is 1.49. The minimum absolute atomic E-state index is 0.0197. The maximum Gasteiger partial charge on any atom is 0.257 e. The SMILES string of the molecule is O=C(c1coc(Br)c1)N1CCC[C@@H](n2cccn2)C1. The number of carbonyl (C=O) groups is 1. The highest BCUT2D eigenvalue weighted by molar-refractivity contribution is 9.10.